The molecule has 0 aliphatic rings. The number of nitrogens with zero attached hydrogens (tertiary/aromatic N) is 1. The molecule has 3 rings (SSSR count). The smallest absolute Gasteiger partial charge is 0.248 e. The molecule has 1 atom stereocenters. The zero-order valence-electron chi connectivity index (χ0n) is 14.5. The van der Waals surface area contributed by atoms with Crippen molar-refractivity contribution < 1.29 is 9.59 Å². The van der Waals surface area contributed by atoms with Crippen LogP contribution >= 0.6 is 11.3 Å². The van der Waals surface area contributed by atoms with Gasteiger partial charge in [0.1, 0.15) is 6.04 Å². The molecule has 26 heavy (non-hydrogen) atoms. The van der Waals surface area contributed by atoms with Crippen molar-refractivity contribution in [1.82, 2.24) is 4.98 Å². The van der Waals surface area contributed by atoms with Gasteiger partial charge in [0.05, 0.1) is 5.69 Å². The molecule has 1 aromatic heterocycles. The van der Waals surface area contributed by atoms with Crippen LogP contribution in [0.15, 0.2) is 60.0 Å². The third-order valence-corrected chi connectivity index (χ3v) is 4.61. The van der Waals surface area contributed by atoms with E-state index in [0.29, 0.717) is 10.7 Å². The molecule has 0 saturated carbocycles. The minimum Gasteiger partial charge on any atom is -0.374 e. The molecule has 3 aromatic rings. The summed E-state index contributed by atoms with van der Waals surface area (Å²) in [5, 5.41) is 8.41. The van der Waals surface area contributed by atoms with E-state index in [1.54, 1.807) is 25.1 Å². The number of benzene rings is 2. The molecule has 1 amide bonds. The van der Waals surface area contributed by atoms with Crippen LogP contribution < -0.4 is 10.6 Å². The molecule has 0 saturated heterocycles. The Kier molecular flexibility index (Phi) is 5.43. The molecule has 0 bridgehead atoms. The molecule has 0 aliphatic heterocycles. The Bertz CT molecular complexity index is 922. The fraction of sp³-hybridized carbons (Fsp3) is 0.150. The van der Waals surface area contributed by atoms with Gasteiger partial charge >= 0.3 is 0 Å². The van der Waals surface area contributed by atoms with Crippen LogP contribution in [0.25, 0.3) is 11.3 Å². The van der Waals surface area contributed by atoms with Gasteiger partial charge in [-0.1, -0.05) is 42.5 Å². The van der Waals surface area contributed by atoms with Gasteiger partial charge < -0.3 is 10.6 Å². The van der Waals surface area contributed by atoms with E-state index in [-0.39, 0.29) is 11.7 Å². The maximum Gasteiger partial charge on any atom is 0.248 e. The highest BCUT2D eigenvalue weighted by Crippen LogP contribution is 2.24. The summed E-state index contributed by atoms with van der Waals surface area (Å²) in [7, 11) is 0. The zero-order valence-corrected chi connectivity index (χ0v) is 15.3. The highest BCUT2D eigenvalue weighted by atomic mass is 32.1. The Morgan fingerprint density at radius 3 is 2.58 bits per heavy atom. The summed E-state index contributed by atoms with van der Waals surface area (Å²) in [6.45, 7) is 3.28. The van der Waals surface area contributed by atoms with Crippen molar-refractivity contribution in [3.63, 3.8) is 0 Å². The first-order valence-corrected chi connectivity index (χ1v) is 9.10. The standard InChI is InChI=1S/C20H19N3O2S/c1-13(21-17-10-6-9-16(11-17)14(2)24)19(25)23-20-22-18(12-26-20)15-7-4-3-5-8-15/h3-13,21H,1-2H3,(H,22,23,25). The number of hydrogen-bond donors (Lipinski definition) is 2. The van der Waals surface area contributed by atoms with E-state index in [1.165, 1.54) is 18.3 Å². The molecule has 1 heterocycles. The van der Waals surface area contributed by atoms with E-state index in [1.807, 2.05) is 41.8 Å². The summed E-state index contributed by atoms with van der Waals surface area (Å²) in [6.07, 6.45) is 0. The van der Waals surface area contributed by atoms with Crippen molar-refractivity contribution in [2.75, 3.05) is 10.6 Å². The van der Waals surface area contributed by atoms with Gasteiger partial charge in [0.25, 0.3) is 0 Å². The van der Waals surface area contributed by atoms with Crippen LogP contribution in [0.3, 0.4) is 0 Å². The summed E-state index contributed by atoms with van der Waals surface area (Å²) >= 11 is 1.39. The largest absolute Gasteiger partial charge is 0.374 e. The molecule has 2 N–H and O–H groups in total. The van der Waals surface area contributed by atoms with E-state index in [2.05, 4.69) is 15.6 Å². The number of carbonyl (C=O) groups is 2. The van der Waals surface area contributed by atoms with Gasteiger partial charge in [-0.15, -0.1) is 11.3 Å². The van der Waals surface area contributed by atoms with Gasteiger partial charge in [-0.2, -0.15) is 0 Å². The summed E-state index contributed by atoms with van der Waals surface area (Å²) in [5.41, 5.74) is 3.18. The van der Waals surface area contributed by atoms with E-state index < -0.39 is 6.04 Å². The number of carbonyl (C=O) groups excluding carboxylic acids is 2. The van der Waals surface area contributed by atoms with Crippen molar-refractivity contribution in [1.29, 1.82) is 0 Å². The lowest BCUT2D eigenvalue weighted by Crippen LogP contribution is -2.31. The van der Waals surface area contributed by atoms with Crippen LogP contribution in [-0.4, -0.2) is 22.7 Å². The maximum atomic E-state index is 12.4. The Labute approximate surface area is 156 Å². The lowest BCUT2D eigenvalue weighted by atomic mass is 10.1. The summed E-state index contributed by atoms with van der Waals surface area (Å²) in [5.74, 6) is -0.200. The van der Waals surface area contributed by atoms with Crippen LogP contribution in [0, 0.1) is 0 Å². The van der Waals surface area contributed by atoms with Crippen molar-refractivity contribution >= 4 is 33.8 Å². The molecule has 2 aromatic carbocycles. The quantitative estimate of drug-likeness (QED) is 0.633. The molecular formula is C20H19N3O2S. The minimum atomic E-state index is -0.471. The molecule has 6 heteroatoms. The van der Waals surface area contributed by atoms with E-state index in [0.717, 1.165) is 16.9 Å². The molecule has 0 aliphatic carbocycles. The number of aromatic nitrogens is 1. The van der Waals surface area contributed by atoms with Crippen LogP contribution in [0.2, 0.25) is 0 Å². The SMILES string of the molecule is CC(=O)c1cccc(NC(C)C(=O)Nc2nc(-c3ccccc3)cs2)c1. The Morgan fingerprint density at radius 1 is 1.08 bits per heavy atom. The van der Waals surface area contributed by atoms with Crippen LogP contribution in [-0.2, 0) is 4.79 Å². The number of Topliss-reactive ketones (excluding diaryl/α,β-unsaturated/α-hetero) is 1. The number of thiazole rings is 1. The third-order valence-electron chi connectivity index (χ3n) is 3.85. The number of ketones is 1. The summed E-state index contributed by atoms with van der Waals surface area (Å²) < 4.78 is 0. The van der Waals surface area contributed by atoms with Gasteiger partial charge in [0.15, 0.2) is 10.9 Å². The average Bonchev–Trinajstić information content (AvgIpc) is 3.11. The van der Waals surface area contributed by atoms with E-state index in [9.17, 15) is 9.59 Å². The number of amides is 1. The normalized spacial score (nSPS) is 11.6. The Morgan fingerprint density at radius 2 is 1.85 bits per heavy atom. The summed E-state index contributed by atoms with van der Waals surface area (Å²) in [6, 6.07) is 16.4. The second kappa shape index (κ2) is 7.93. The van der Waals surface area contributed by atoms with Crippen molar-refractivity contribution in [2.45, 2.75) is 19.9 Å². The van der Waals surface area contributed by atoms with Gasteiger partial charge in [0, 0.05) is 22.2 Å². The third kappa shape index (κ3) is 4.34. The highest BCUT2D eigenvalue weighted by molar-refractivity contribution is 7.14. The van der Waals surface area contributed by atoms with Crippen molar-refractivity contribution in [2.24, 2.45) is 0 Å². The zero-order chi connectivity index (χ0) is 18.5. The van der Waals surface area contributed by atoms with Crippen LogP contribution in [0.1, 0.15) is 24.2 Å². The predicted octanol–water partition coefficient (Wildman–Crippen LogP) is 4.45. The molecule has 1 unspecified atom stereocenters. The van der Waals surface area contributed by atoms with Crippen molar-refractivity contribution in [3.05, 3.63) is 65.5 Å². The molecule has 132 valence electrons. The van der Waals surface area contributed by atoms with Crippen LogP contribution in [0.4, 0.5) is 10.8 Å². The predicted molar refractivity (Wildman–Crippen MR) is 106 cm³/mol. The molecular weight excluding hydrogens is 346 g/mol. The maximum absolute atomic E-state index is 12.4. The number of anilines is 2. The molecule has 0 spiro atoms. The lowest BCUT2D eigenvalue weighted by molar-refractivity contribution is -0.116. The van der Waals surface area contributed by atoms with Gasteiger partial charge in [-0.25, -0.2) is 4.98 Å². The molecule has 0 radical (unpaired) electrons. The second-order valence-corrected chi connectivity index (χ2v) is 6.75. The van der Waals surface area contributed by atoms with Gasteiger partial charge in [-0.05, 0) is 26.0 Å². The fourth-order valence-corrected chi connectivity index (χ4v) is 3.15. The van der Waals surface area contributed by atoms with Gasteiger partial charge in [-0.3, -0.25) is 9.59 Å². The molecule has 0 fully saturated rings. The Hall–Kier alpha value is -2.99. The average molecular weight is 365 g/mol. The monoisotopic (exact) mass is 365 g/mol. The lowest BCUT2D eigenvalue weighted by Gasteiger charge is -2.14. The minimum absolute atomic E-state index is 0.0121. The molecule has 5 nitrogen and oxygen atoms in total. The Balaban J connectivity index is 1.64. The first kappa shape index (κ1) is 17.8. The first-order chi connectivity index (χ1) is 12.5. The highest BCUT2D eigenvalue weighted by Gasteiger charge is 2.15. The van der Waals surface area contributed by atoms with Crippen molar-refractivity contribution in [3.8, 4) is 11.3 Å². The van der Waals surface area contributed by atoms with E-state index >= 15 is 0 Å². The number of nitrogens with one attached hydrogen (secondary N) is 2. The second-order valence-electron chi connectivity index (χ2n) is 5.90. The number of rotatable bonds is 6. The number of hydrogen-bond acceptors (Lipinski definition) is 5. The summed E-state index contributed by atoms with van der Waals surface area (Å²) in [4.78, 5) is 28.3. The van der Waals surface area contributed by atoms with Gasteiger partial charge in [0.2, 0.25) is 5.91 Å². The van der Waals surface area contributed by atoms with Crippen LogP contribution in [0.5, 0.6) is 0 Å². The first-order valence-electron chi connectivity index (χ1n) is 8.22. The topological polar surface area (TPSA) is 71.1 Å². The fourth-order valence-electron chi connectivity index (χ4n) is 2.43. The van der Waals surface area contributed by atoms with E-state index in [4.69, 9.17) is 0 Å².